The lowest BCUT2D eigenvalue weighted by Crippen LogP contribution is -2.47. The molecule has 1 aliphatic heterocycles. The maximum atomic E-state index is 12.3. The zero-order valence-corrected chi connectivity index (χ0v) is 11.4. The molecular weight excluding hydrogens is 234 g/mol. The van der Waals surface area contributed by atoms with Gasteiger partial charge in [0.25, 0.3) is 5.91 Å². The van der Waals surface area contributed by atoms with Gasteiger partial charge in [0.2, 0.25) is 0 Å². The van der Waals surface area contributed by atoms with Crippen LogP contribution >= 0.6 is 11.8 Å². The van der Waals surface area contributed by atoms with Crippen LogP contribution in [0.25, 0.3) is 0 Å². The first-order chi connectivity index (χ1) is 8.13. The Kier molecular flexibility index (Phi) is 3.82. The molecule has 1 aromatic heterocycles. The second-order valence-corrected chi connectivity index (χ2v) is 5.92. The predicted octanol–water partition coefficient (Wildman–Crippen LogP) is 2.81. The molecule has 0 spiro atoms. The van der Waals surface area contributed by atoms with Crippen molar-refractivity contribution in [3.8, 4) is 0 Å². The number of hydrogen-bond acceptors (Lipinski definition) is 3. The topological polar surface area (TPSA) is 33.5 Å². The number of amides is 1. The molecule has 3 nitrogen and oxygen atoms in total. The zero-order chi connectivity index (χ0) is 12.4. The van der Waals surface area contributed by atoms with Gasteiger partial charge in [-0.05, 0) is 19.1 Å². The molecule has 0 saturated carbocycles. The SMILES string of the molecule is CCc1ccc(C(=O)N2CCS[C@@H](C)[C@@H]2C)o1. The van der Waals surface area contributed by atoms with Gasteiger partial charge in [0.05, 0.1) is 0 Å². The summed E-state index contributed by atoms with van der Waals surface area (Å²) in [6, 6.07) is 3.96. The van der Waals surface area contributed by atoms with Gasteiger partial charge in [-0.2, -0.15) is 11.8 Å². The van der Waals surface area contributed by atoms with E-state index in [2.05, 4.69) is 13.8 Å². The summed E-state index contributed by atoms with van der Waals surface area (Å²) in [7, 11) is 0. The lowest BCUT2D eigenvalue weighted by atomic mass is 10.2. The smallest absolute Gasteiger partial charge is 0.289 e. The van der Waals surface area contributed by atoms with Crippen molar-refractivity contribution in [2.45, 2.75) is 38.5 Å². The second kappa shape index (κ2) is 5.17. The molecule has 0 radical (unpaired) electrons. The van der Waals surface area contributed by atoms with Crippen LogP contribution in [0.1, 0.15) is 37.1 Å². The van der Waals surface area contributed by atoms with Crippen LogP contribution in [0.3, 0.4) is 0 Å². The van der Waals surface area contributed by atoms with Crippen LogP contribution in [-0.4, -0.2) is 34.4 Å². The molecule has 1 saturated heterocycles. The van der Waals surface area contributed by atoms with Crippen molar-refractivity contribution in [2.24, 2.45) is 0 Å². The summed E-state index contributed by atoms with van der Waals surface area (Å²) in [6.45, 7) is 7.12. The number of rotatable bonds is 2. The van der Waals surface area contributed by atoms with Crippen LogP contribution in [0, 0.1) is 0 Å². The molecule has 17 heavy (non-hydrogen) atoms. The van der Waals surface area contributed by atoms with Gasteiger partial charge in [-0.15, -0.1) is 0 Å². The summed E-state index contributed by atoms with van der Waals surface area (Å²) >= 11 is 1.93. The third-order valence-electron chi connectivity index (χ3n) is 3.37. The standard InChI is InChI=1S/C13H19NO2S/c1-4-11-5-6-12(16-11)13(15)14-7-8-17-10(3)9(14)2/h5-6,9-10H,4,7-8H2,1-3H3/t9-,10-/m0/s1. The molecule has 2 heterocycles. The summed E-state index contributed by atoms with van der Waals surface area (Å²) < 4.78 is 5.53. The van der Waals surface area contributed by atoms with E-state index >= 15 is 0 Å². The van der Waals surface area contributed by atoms with Crippen molar-refractivity contribution >= 4 is 17.7 Å². The van der Waals surface area contributed by atoms with Gasteiger partial charge >= 0.3 is 0 Å². The Morgan fingerprint density at radius 2 is 2.29 bits per heavy atom. The van der Waals surface area contributed by atoms with Crippen molar-refractivity contribution in [3.05, 3.63) is 23.7 Å². The minimum atomic E-state index is 0.0318. The number of aryl methyl sites for hydroxylation is 1. The van der Waals surface area contributed by atoms with Crippen LogP contribution in [0.15, 0.2) is 16.5 Å². The van der Waals surface area contributed by atoms with E-state index in [4.69, 9.17) is 4.42 Å². The van der Waals surface area contributed by atoms with E-state index in [1.165, 1.54) is 0 Å². The first kappa shape index (κ1) is 12.6. The van der Waals surface area contributed by atoms with Gasteiger partial charge in [0, 0.05) is 30.0 Å². The molecule has 0 bridgehead atoms. The quantitative estimate of drug-likeness (QED) is 0.812. The molecule has 4 heteroatoms. The van der Waals surface area contributed by atoms with Crippen LogP contribution in [-0.2, 0) is 6.42 Å². The lowest BCUT2D eigenvalue weighted by molar-refractivity contribution is 0.0664. The van der Waals surface area contributed by atoms with E-state index < -0.39 is 0 Å². The third kappa shape index (κ3) is 2.51. The zero-order valence-electron chi connectivity index (χ0n) is 10.6. The van der Waals surface area contributed by atoms with Gasteiger partial charge in [-0.3, -0.25) is 4.79 Å². The Morgan fingerprint density at radius 1 is 1.53 bits per heavy atom. The van der Waals surface area contributed by atoms with Crippen molar-refractivity contribution in [2.75, 3.05) is 12.3 Å². The molecule has 1 aliphatic rings. The van der Waals surface area contributed by atoms with Gasteiger partial charge < -0.3 is 9.32 Å². The number of carbonyl (C=O) groups is 1. The minimum Gasteiger partial charge on any atom is -0.456 e. The first-order valence-corrected chi connectivity index (χ1v) is 7.19. The number of hydrogen-bond donors (Lipinski definition) is 0. The minimum absolute atomic E-state index is 0.0318. The number of carbonyl (C=O) groups excluding carboxylic acids is 1. The van der Waals surface area contributed by atoms with Crippen LogP contribution in [0.2, 0.25) is 0 Å². The van der Waals surface area contributed by atoms with Crippen molar-refractivity contribution in [1.82, 2.24) is 4.90 Å². The highest BCUT2D eigenvalue weighted by molar-refractivity contribution is 8.00. The highest BCUT2D eigenvalue weighted by Crippen LogP contribution is 2.26. The predicted molar refractivity (Wildman–Crippen MR) is 70.5 cm³/mol. The Morgan fingerprint density at radius 3 is 2.94 bits per heavy atom. The molecule has 0 unspecified atom stereocenters. The Labute approximate surface area is 107 Å². The van der Waals surface area contributed by atoms with Crippen molar-refractivity contribution in [1.29, 1.82) is 0 Å². The molecule has 2 rings (SSSR count). The summed E-state index contributed by atoms with van der Waals surface area (Å²) in [5.41, 5.74) is 0. The van der Waals surface area contributed by atoms with Gasteiger partial charge in [-0.25, -0.2) is 0 Å². The molecule has 1 fully saturated rings. The Bertz CT molecular complexity index is 402. The van der Waals surface area contributed by atoms with E-state index in [9.17, 15) is 4.79 Å². The maximum absolute atomic E-state index is 12.3. The molecule has 1 amide bonds. The number of furan rings is 1. The number of nitrogens with zero attached hydrogens (tertiary/aromatic N) is 1. The molecule has 0 aliphatic carbocycles. The van der Waals surface area contributed by atoms with E-state index in [1.54, 1.807) is 6.07 Å². The molecule has 2 atom stereocenters. The summed E-state index contributed by atoms with van der Waals surface area (Å²) in [6.07, 6.45) is 0.828. The van der Waals surface area contributed by atoms with Gasteiger partial charge in [0.15, 0.2) is 5.76 Å². The lowest BCUT2D eigenvalue weighted by Gasteiger charge is -2.36. The average molecular weight is 253 g/mol. The van der Waals surface area contributed by atoms with Crippen molar-refractivity contribution < 1.29 is 9.21 Å². The van der Waals surface area contributed by atoms with E-state index in [0.29, 0.717) is 11.0 Å². The van der Waals surface area contributed by atoms with Gasteiger partial charge in [-0.1, -0.05) is 13.8 Å². The summed E-state index contributed by atoms with van der Waals surface area (Å²) in [5.74, 6) is 2.40. The van der Waals surface area contributed by atoms with Crippen molar-refractivity contribution in [3.63, 3.8) is 0 Å². The molecular formula is C13H19NO2S. The average Bonchev–Trinajstić information content (AvgIpc) is 2.80. The fraction of sp³-hybridized carbons (Fsp3) is 0.615. The highest BCUT2D eigenvalue weighted by atomic mass is 32.2. The number of thioether (sulfide) groups is 1. The summed E-state index contributed by atoms with van der Waals surface area (Å²) in [5, 5.41) is 0.494. The molecule has 0 aromatic carbocycles. The molecule has 0 N–H and O–H groups in total. The largest absolute Gasteiger partial charge is 0.456 e. The van der Waals surface area contributed by atoms with E-state index in [0.717, 1.165) is 24.5 Å². The highest BCUT2D eigenvalue weighted by Gasteiger charge is 2.30. The maximum Gasteiger partial charge on any atom is 0.289 e. The Balaban J connectivity index is 2.13. The van der Waals surface area contributed by atoms with Crippen LogP contribution in [0.4, 0.5) is 0 Å². The van der Waals surface area contributed by atoms with Gasteiger partial charge in [0.1, 0.15) is 5.76 Å². The van der Waals surface area contributed by atoms with Crippen LogP contribution < -0.4 is 0 Å². The molecule has 94 valence electrons. The fourth-order valence-corrected chi connectivity index (χ4v) is 3.14. The van der Waals surface area contributed by atoms with Crippen LogP contribution in [0.5, 0.6) is 0 Å². The van der Waals surface area contributed by atoms with E-state index in [-0.39, 0.29) is 11.9 Å². The fourth-order valence-electron chi connectivity index (χ4n) is 2.04. The Hall–Kier alpha value is -0.900. The molecule has 1 aromatic rings. The normalized spacial score (nSPS) is 25.0. The summed E-state index contributed by atoms with van der Waals surface area (Å²) in [4.78, 5) is 14.2. The second-order valence-electron chi connectivity index (χ2n) is 4.43. The van der Waals surface area contributed by atoms with E-state index in [1.807, 2.05) is 29.7 Å². The third-order valence-corrected chi connectivity index (χ3v) is 4.70. The monoisotopic (exact) mass is 253 g/mol. The first-order valence-electron chi connectivity index (χ1n) is 6.14.